The minimum Gasteiger partial charge on any atom is -0.355 e. The molecule has 0 saturated heterocycles. The van der Waals surface area contributed by atoms with Crippen molar-refractivity contribution in [1.82, 2.24) is 25.1 Å². The van der Waals surface area contributed by atoms with Crippen LogP contribution >= 0.6 is 11.8 Å². The number of rotatable bonds is 8. The van der Waals surface area contributed by atoms with Gasteiger partial charge in [-0.05, 0) is 49.6 Å². The molecule has 0 radical (unpaired) electrons. The Labute approximate surface area is 206 Å². The van der Waals surface area contributed by atoms with Gasteiger partial charge < -0.3 is 5.32 Å². The number of thioether (sulfide) groups is 1. The molecule has 182 valence electrons. The van der Waals surface area contributed by atoms with Crippen LogP contribution in [0.5, 0.6) is 0 Å². The highest BCUT2D eigenvalue weighted by Crippen LogP contribution is 2.23. The van der Waals surface area contributed by atoms with Crippen LogP contribution in [0.4, 0.5) is 0 Å². The SMILES string of the molecule is Cc1ccccc1-n1c(SCC(=O)NCCc2ccc(S(N)(=O)=O)cc2)nc2n[nH]c(C)c2c1=N. The van der Waals surface area contributed by atoms with E-state index in [0.29, 0.717) is 29.2 Å². The monoisotopic (exact) mass is 511 g/mol. The molecule has 4 aromatic rings. The number of amides is 1. The van der Waals surface area contributed by atoms with Gasteiger partial charge in [0, 0.05) is 12.2 Å². The fraction of sp³-hybridized carbons (Fsp3) is 0.217. The predicted molar refractivity (Wildman–Crippen MR) is 134 cm³/mol. The van der Waals surface area contributed by atoms with Crippen LogP contribution in [0.3, 0.4) is 0 Å². The zero-order valence-corrected chi connectivity index (χ0v) is 20.8. The standard InChI is InChI=1S/C23H25N7O3S2/c1-14-5-3-4-6-18(14)30-21(24)20-15(2)28-29-22(20)27-23(30)34-13-19(31)26-12-11-16-7-9-17(10-8-16)35(25,32)33/h3-10,24H,11-13H2,1-2H3,(H,26,31)(H,28,29)(H2,25,32,33). The molecule has 4 rings (SSSR count). The number of hydrogen-bond acceptors (Lipinski definition) is 7. The van der Waals surface area contributed by atoms with Crippen molar-refractivity contribution < 1.29 is 13.2 Å². The molecule has 2 aromatic heterocycles. The summed E-state index contributed by atoms with van der Waals surface area (Å²) in [4.78, 5) is 17.2. The molecule has 10 nitrogen and oxygen atoms in total. The quantitative estimate of drug-likeness (QED) is 0.209. The molecule has 0 unspecified atom stereocenters. The number of para-hydroxylation sites is 1. The van der Waals surface area contributed by atoms with Gasteiger partial charge in [0.15, 0.2) is 10.8 Å². The highest BCUT2D eigenvalue weighted by Gasteiger charge is 2.17. The molecule has 0 spiro atoms. The summed E-state index contributed by atoms with van der Waals surface area (Å²) in [5, 5.41) is 25.0. The Hall–Kier alpha value is -3.48. The van der Waals surface area contributed by atoms with Gasteiger partial charge in [-0.2, -0.15) is 5.10 Å². The number of H-pyrrole nitrogens is 1. The molecule has 0 saturated carbocycles. The van der Waals surface area contributed by atoms with Crippen molar-refractivity contribution in [3.63, 3.8) is 0 Å². The van der Waals surface area contributed by atoms with E-state index in [1.807, 2.05) is 38.1 Å². The lowest BCUT2D eigenvalue weighted by Crippen LogP contribution is -2.28. The van der Waals surface area contributed by atoms with Crippen LogP contribution in [0.1, 0.15) is 16.8 Å². The summed E-state index contributed by atoms with van der Waals surface area (Å²) in [6.45, 7) is 4.20. The maximum atomic E-state index is 12.5. The Balaban J connectivity index is 1.47. The third-order valence-electron chi connectivity index (χ3n) is 5.46. The van der Waals surface area contributed by atoms with Gasteiger partial charge in [0.25, 0.3) is 0 Å². The number of hydrogen-bond donors (Lipinski definition) is 4. The van der Waals surface area contributed by atoms with Crippen molar-refractivity contribution in [2.75, 3.05) is 12.3 Å². The van der Waals surface area contributed by atoms with Crippen molar-refractivity contribution >= 4 is 38.7 Å². The van der Waals surface area contributed by atoms with Crippen LogP contribution in [-0.2, 0) is 21.2 Å². The summed E-state index contributed by atoms with van der Waals surface area (Å²) in [7, 11) is -3.73. The van der Waals surface area contributed by atoms with Gasteiger partial charge in [0.1, 0.15) is 5.49 Å². The summed E-state index contributed by atoms with van der Waals surface area (Å²) in [6, 6.07) is 14.0. The van der Waals surface area contributed by atoms with E-state index in [-0.39, 0.29) is 22.0 Å². The van der Waals surface area contributed by atoms with Crippen LogP contribution in [-0.4, -0.2) is 46.4 Å². The molecule has 0 fully saturated rings. The number of aromatic nitrogens is 4. The number of primary sulfonamides is 1. The van der Waals surface area contributed by atoms with Gasteiger partial charge in [-0.15, -0.1) is 0 Å². The smallest absolute Gasteiger partial charge is 0.238 e. The van der Waals surface area contributed by atoms with Gasteiger partial charge in [0.2, 0.25) is 15.9 Å². The molecule has 5 N–H and O–H groups in total. The Morgan fingerprint density at radius 3 is 2.57 bits per heavy atom. The van der Waals surface area contributed by atoms with E-state index in [1.54, 1.807) is 16.7 Å². The number of fused-ring (bicyclic) bond motifs is 1. The summed E-state index contributed by atoms with van der Waals surface area (Å²) in [5.41, 5.74) is 4.12. The Kier molecular flexibility index (Phi) is 7.05. The molecule has 12 heteroatoms. The van der Waals surface area contributed by atoms with Crippen molar-refractivity contribution in [3.8, 4) is 5.69 Å². The van der Waals surface area contributed by atoms with Gasteiger partial charge in [-0.25, -0.2) is 18.5 Å². The topological polar surface area (TPSA) is 160 Å². The van der Waals surface area contributed by atoms with E-state index in [0.717, 1.165) is 22.5 Å². The average Bonchev–Trinajstić information content (AvgIpc) is 3.19. The molecule has 0 aliphatic carbocycles. The number of nitrogens with two attached hydrogens (primary N) is 1. The van der Waals surface area contributed by atoms with E-state index in [2.05, 4.69) is 20.5 Å². The molecule has 0 aliphatic rings. The normalized spacial score (nSPS) is 11.6. The highest BCUT2D eigenvalue weighted by molar-refractivity contribution is 7.99. The van der Waals surface area contributed by atoms with E-state index in [1.165, 1.54) is 23.9 Å². The van der Waals surface area contributed by atoms with Crippen molar-refractivity contribution in [1.29, 1.82) is 5.41 Å². The molecule has 0 aliphatic heterocycles. The van der Waals surface area contributed by atoms with Crippen molar-refractivity contribution in [2.24, 2.45) is 5.14 Å². The van der Waals surface area contributed by atoms with Crippen LogP contribution < -0.4 is 15.9 Å². The van der Waals surface area contributed by atoms with Crippen LogP contribution in [0.25, 0.3) is 16.7 Å². The van der Waals surface area contributed by atoms with Crippen LogP contribution in [0.15, 0.2) is 58.6 Å². The summed E-state index contributed by atoms with van der Waals surface area (Å²) < 4.78 is 24.5. The van der Waals surface area contributed by atoms with Crippen LogP contribution in [0.2, 0.25) is 0 Å². The number of carbonyl (C=O) groups is 1. The number of carbonyl (C=O) groups excluding carboxylic acids is 1. The average molecular weight is 512 g/mol. The van der Waals surface area contributed by atoms with E-state index in [4.69, 9.17) is 10.5 Å². The minimum atomic E-state index is -3.73. The molecular formula is C23H25N7O3S2. The lowest BCUT2D eigenvalue weighted by molar-refractivity contribution is -0.118. The first kappa shape index (κ1) is 24.6. The number of aryl methyl sites for hydroxylation is 2. The molecular weight excluding hydrogens is 486 g/mol. The van der Waals surface area contributed by atoms with Gasteiger partial charge >= 0.3 is 0 Å². The molecule has 2 aromatic carbocycles. The molecule has 1 amide bonds. The second-order valence-electron chi connectivity index (χ2n) is 7.99. The summed E-state index contributed by atoms with van der Waals surface area (Å²) in [6.07, 6.45) is 0.540. The largest absolute Gasteiger partial charge is 0.355 e. The molecule has 35 heavy (non-hydrogen) atoms. The van der Waals surface area contributed by atoms with Gasteiger partial charge in [-0.3, -0.25) is 19.9 Å². The molecule has 2 heterocycles. The highest BCUT2D eigenvalue weighted by atomic mass is 32.2. The fourth-order valence-corrected chi connectivity index (χ4v) is 4.98. The van der Waals surface area contributed by atoms with E-state index in [9.17, 15) is 13.2 Å². The maximum absolute atomic E-state index is 12.5. The minimum absolute atomic E-state index is 0.0500. The maximum Gasteiger partial charge on any atom is 0.238 e. The van der Waals surface area contributed by atoms with E-state index < -0.39 is 10.0 Å². The first-order valence-electron chi connectivity index (χ1n) is 10.7. The number of nitrogens with zero attached hydrogens (tertiary/aromatic N) is 3. The Morgan fingerprint density at radius 2 is 1.89 bits per heavy atom. The summed E-state index contributed by atoms with van der Waals surface area (Å²) >= 11 is 1.23. The number of nitrogens with one attached hydrogen (secondary N) is 3. The number of sulfonamides is 1. The first-order chi connectivity index (χ1) is 16.6. The van der Waals surface area contributed by atoms with Crippen molar-refractivity contribution in [2.45, 2.75) is 30.3 Å². The zero-order chi connectivity index (χ0) is 25.2. The predicted octanol–water partition coefficient (Wildman–Crippen LogP) is 1.94. The number of benzene rings is 2. The summed E-state index contributed by atoms with van der Waals surface area (Å²) in [5.74, 6) is -0.0726. The second kappa shape index (κ2) is 10.0. The third-order valence-corrected chi connectivity index (χ3v) is 7.33. The zero-order valence-electron chi connectivity index (χ0n) is 19.2. The van der Waals surface area contributed by atoms with E-state index >= 15 is 0 Å². The number of aromatic amines is 1. The molecule has 0 atom stereocenters. The first-order valence-corrected chi connectivity index (χ1v) is 13.3. The Bertz CT molecular complexity index is 1560. The third kappa shape index (κ3) is 5.45. The Morgan fingerprint density at radius 1 is 1.17 bits per heavy atom. The fourth-order valence-electron chi connectivity index (χ4n) is 3.64. The lowest BCUT2D eigenvalue weighted by Gasteiger charge is -2.15. The van der Waals surface area contributed by atoms with Gasteiger partial charge in [-0.1, -0.05) is 42.1 Å². The van der Waals surface area contributed by atoms with Crippen molar-refractivity contribution in [3.05, 3.63) is 70.8 Å². The molecule has 0 bridgehead atoms. The lowest BCUT2D eigenvalue weighted by atomic mass is 10.1. The van der Waals surface area contributed by atoms with Gasteiger partial charge in [0.05, 0.1) is 21.7 Å². The second-order valence-corrected chi connectivity index (χ2v) is 10.5. The van der Waals surface area contributed by atoms with Crippen LogP contribution in [0, 0.1) is 19.3 Å².